The third kappa shape index (κ3) is 5.01. The first kappa shape index (κ1) is 21.2. The summed E-state index contributed by atoms with van der Waals surface area (Å²) in [5, 5.41) is 13.6. The highest BCUT2D eigenvalue weighted by Gasteiger charge is 2.50. The number of likely N-dealkylation sites (tertiary alicyclic amines) is 1. The van der Waals surface area contributed by atoms with E-state index < -0.39 is 23.1 Å². The van der Waals surface area contributed by atoms with E-state index in [1.165, 1.54) is 4.90 Å². The molecule has 0 spiro atoms. The Hall–Kier alpha value is -2.08. The van der Waals surface area contributed by atoms with Crippen molar-refractivity contribution in [1.29, 1.82) is 0 Å². The Morgan fingerprint density at radius 1 is 1.33 bits per heavy atom. The minimum atomic E-state index is -1.04. The van der Waals surface area contributed by atoms with Gasteiger partial charge < -0.3 is 20.1 Å². The van der Waals surface area contributed by atoms with Crippen molar-refractivity contribution in [1.82, 2.24) is 10.2 Å². The van der Waals surface area contributed by atoms with Crippen LogP contribution >= 0.6 is 0 Å². The molecule has 1 amide bonds. The summed E-state index contributed by atoms with van der Waals surface area (Å²) in [4.78, 5) is 26.3. The standard InChI is InChI=1S/C21H32N2O4/c1-6-21(18(24)25)14-23(19(26)27-20(3,4)5)13-12-17(21)22-15(2)16-10-8-7-9-11-16/h7-11,15,17,22H,6,12-14H2,1-5H3,(H,24,25)/t15-,17+,21-/m1/s1. The van der Waals surface area contributed by atoms with Gasteiger partial charge in [0.25, 0.3) is 0 Å². The molecule has 1 aliphatic heterocycles. The van der Waals surface area contributed by atoms with Crippen LogP contribution in [0.25, 0.3) is 0 Å². The monoisotopic (exact) mass is 376 g/mol. The van der Waals surface area contributed by atoms with E-state index in [0.717, 1.165) is 5.56 Å². The fourth-order valence-corrected chi connectivity index (χ4v) is 3.68. The minimum absolute atomic E-state index is 0.0227. The largest absolute Gasteiger partial charge is 0.481 e. The van der Waals surface area contributed by atoms with Crippen molar-refractivity contribution in [2.24, 2.45) is 5.41 Å². The number of carboxylic acid groups (broad SMARTS) is 1. The number of nitrogens with one attached hydrogen (secondary N) is 1. The van der Waals surface area contributed by atoms with Gasteiger partial charge in [-0.2, -0.15) is 0 Å². The molecule has 0 saturated carbocycles. The van der Waals surface area contributed by atoms with Gasteiger partial charge in [0.2, 0.25) is 0 Å². The normalized spacial score (nSPS) is 24.3. The zero-order chi connectivity index (χ0) is 20.2. The number of ether oxygens (including phenoxy) is 1. The van der Waals surface area contributed by atoms with Gasteiger partial charge in [0.15, 0.2) is 0 Å². The fourth-order valence-electron chi connectivity index (χ4n) is 3.68. The highest BCUT2D eigenvalue weighted by Crippen LogP contribution is 2.36. The van der Waals surface area contributed by atoms with E-state index in [1.54, 1.807) is 0 Å². The van der Waals surface area contributed by atoms with Gasteiger partial charge in [-0.15, -0.1) is 0 Å². The maximum absolute atomic E-state index is 12.5. The molecule has 1 aromatic carbocycles. The fraction of sp³-hybridized carbons (Fsp3) is 0.619. The predicted octanol–water partition coefficient (Wildman–Crippen LogP) is 3.83. The average molecular weight is 376 g/mol. The summed E-state index contributed by atoms with van der Waals surface area (Å²) in [5.41, 5.74) is -0.535. The number of piperidine rings is 1. The first-order chi connectivity index (χ1) is 12.6. The number of aliphatic carboxylic acids is 1. The Labute approximate surface area is 161 Å². The van der Waals surface area contributed by atoms with Crippen molar-refractivity contribution in [3.8, 4) is 0 Å². The second kappa shape index (κ2) is 8.30. The average Bonchev–Trinajstić information content (AvgIpc) is 2.61. The first-order valence-electron chi connectivity index (χ1n) is 9.61. The van der Waals surface area contributed by atoms with E-state index in [4.69, 9.17) is 4.74 Å². The van der Waals surface area contributed by atoms with Crippen LogP contribution in [0.15, 0.2) is 30.3 Å². The number of carbonyl (C=O) groups excluding carboxylic acids is 1. The molecule has 1 saturated heterocycles. The van der Waals surface area contributed by atoms with Crippen LogP contribution in [-0.2, 0) is 9.53 Å². The number of rotatable bonds is 5. The molecule has 0 aromatic heterocycles. The van der Waals surface area contributed by atoms with Gasteiger partial charge >= 0.3 is 12.1 Å². The Morgan fingerprint density at radius 2 is 1.96 bits per heavy atom. The molecular formula is C21H32N2O4. The third-order valence-electron chi connectivity index (χ3n) is 5.29. The number of hydrogen-bond acceptors (Lipinski definition) is 4. The Kier molecular flexibility index (Phi) is 6.52. The lowest BCUT2D eigenvalue weighted by Crippen LogP contribution is -2.62. The highest BCUT2D eigenvalue weighted by atomic mass is 16.6. The van der Waals surface area contributed by atoms with Crippen molar-refractivity contribution < 1.29 is 19.4 Å². The number of nitrogens with zero attached hydrogens (tertiary/aromatic N) is 1. The molecule has 1 fully saturated rings. The predicted molar refractivity (Wildman–Crippen MR) is 105 cm³/mol. The van der Waals surface area contributed by atoms with Crippen molar-refractivity contribution in [2.75, 3.05) is 13.1 Å². The zero-order valence-corrected chi connectivity index (χ0v) is 17.0. The van der Waals surface area contributed by atoms with Gasteiger partial charge in [-0.25, -0.2) is 4.79 Å². The topological polar surface area (TPSA) is 78.9 Å². The molecule has 150 valence electrons. The van der Waals surface area contributed by atoms with Gasteiger partial charge in [-0.1, -0.05) is 37.3 Å². The van der Waals surface area contributed by atoms with Crippen LogP contribution < -0.4 is 5.32 Å². The van der Waals surface area contributed by atoms with Crippen LogP contribution in [0.5, 0.6) is 0 Å². The van der Waals surface area contributed by atoms with Gasteiger partial charge in [0.05, 0.1) is 0 Å². The quantitative estimate of drug-likeness (QED) is 0.816. The van der Waals surface area contributed by atoms with Gasteiger partial charge in [-0.05, 0) is 46.1 Å². The molecule has 2 N–H and O–H groups in total. The molecule has 0 radical (unpaired) electrons. The lowest BCUT2D eigenvalue weighted by molar-refractivity contribution is -0.155. The van der Waals surface area contributed by atoms with Gasteiger partial charge in [0.1, 0.15) is 11.0 Å². The summed E-state index contributed by atoms with van der Waals surface area (Å²) in [6, 6.07) is 9.77. The van der Waals surface area contributed by atoms with Crippen molar-refractivity contribution in [2.45, 2.75) is 65.1 Å². The maximum Gasteiger partial charge on any atom is 0.410 e. The first-order valence-corrected chi connectivity index (χ1v) is 9.61. The number of hydrogen-bond donors (Lipinski definition) is 2. The molecule has 6 heteroatoms. The lowest BCUT2D eigenvalue weighted by atomic mass is 9.73. The maximum atomic E-state index is 12.5. The van der Waals surface area contributed by atoms with Crippen molar-refractivity contribution in [3.63, 3.8) is 0 Å². The van der Waals surface area contributed by atoms with Crippen molar-refractivity contribution >= 4 is 12.1 Å². The SMILES string of the molecule is CC[C@@]1(C(=O)O)CN(C(=O)OC(C)(C)C)CC[C@@H]1N[C@H](C)c1ccccc1. The summed E-state index contributed by atoms with van der Waals surface area (Å²) in [6.07, 6.45) is 0.549. The summed E-state index contributed by atoms with van der Waals surface area (Å²) < 4.78 is 5.45. The summed E-state index contributed by atoms with van der Waals surface area (Å²) in [7, 11) is 0. The lowest BCUT2D eigenvalue weighted by Gasteiger charge is -2.46. The molecular weight excluding hydrogens is 344 g/mol. The third-order valence-corrected chi connectivity index (χ3v) is 5.29. The van der Waals surface area contributed by atoms with Crippen LogP contribution in [0.2, 0.25) is 0 Å². The van der Waals surface area contributed by atoms with Crippen molar-refractivity contribution in [3.05, 3.63) is 35.9 Å². The molecule has 3 atom stereocenters. The van der Waals surface area contributed by atoms with E-state index in [1.807, 2.05) is 65.0 Å². The number of amides is 1. The van der Waals surface area contributed by atoms with E-state index in [9.17, 15) is 14.7 Å². The van der Waals surface area contributed by atoms with Crippen LogP contribution in [0, 0.1) is 5.41 Å². The number of carboxylic acids is 1. The van der Waals surface area contributed by atoms with Gasteiger partial charge in [0, 0.05) is 25.2 Å². The van der Waals surface area contributed by atoms with E-state index >= 15 is 0 Å². The minimum Gasteiger partial charge on any atom is -0.481 e. The molecule has 1 aliphatic rings. The molecule has 1 aromatic rings. The van der Waals surface area contributed by atoms with Crippen LogP contribution in [0.3, 0.4) is 0 Å². The second-order valence-corrected chi connectivity index (χ2v) is 8.36. The van der Waals surface area contributed by atoms with E-state index in [2.05, 4.69) is 5.32 Å². The smallest absolute Gasteiger partial charge is 0.410 e. The summed E-state index contributed by atoms with van der Waals surface area (Å²) in [6.45, 7) is 9.96. The zero-order valence-electron chi connectivity index (χ0n) is 17.0. The molecule has 0 aliphatic carbocycles. The molecule has 0 bridgehead atoms. The van der Waals surface area contributed by atoms with E-state index in [0.29, 0.717) is 19.4 Å². The van der Waals surface area contributed by atoms with Crippen LogP contribution in [-0.4, -0.2) is 46.8 Å². The molecule has 0 unspecified atom stereocenters. The molecule has 6 nitrogen and oxygen atoms in total. The summed E-state index contributed by atoms with van der Waals surface area (Å²) in [5.74, 6) is -0.879. The summed E-state index contributed by atoms with van der Waals surface area (Å²) >= 11 is 0. The molecule has 2 rings (SSSR count). The molecule has 1 heterocycles. The highest BCUT2D eigenvalue weighted by molar-refractivity contribution is 5.78. The number of carbonyl (C=O) groups is 2. The van der Waals surface area contributed by atoms with E-state index in [-0.39, 0.29) is 18.6 Å². The Bertz CT molecular complexity index is 656. The van der Waals surface area contributed by atoms with Gasteiger partial charge in [-0.3, -0.25) is 4.79 Å². The Morgan fingerprint density at radius 3 is 2.48 bits per heavy atom. The number of benzene rings is 1. The molecule has 27 heavy (non-hydrogen) atoms. The Balaban J connectivity index is 2.19. The van der Waals surface area contributed by atoms with Crippen LogP contribution in [0.4, 0.5) is 4.79 Å². The second-order valence-electron chi connectivity index (χ2n) is 8.36. The van der Waals surface area contributed by atoms with Crippen LogP contribution in [0.1, 0.15) is 59.1 Å².